The van der Waals surface area contributed by atoms with Crippen LogP contribution in [0.3, 0.4) is 0 Å². The Morgan fingerprint density at radius 2 is 2.38 bits per heavy atom. The second kappa shape index (κ2) is 4.39. The number of pyridine rings is 1. The van der Waals surface area contributed by atoms with Crippen LogP contribution in [-0.4, -0.2) is 28.3 Å². The number of aliphatic hydroxyl groups is 1. The average Bonchev–Trinajstić information content (AvgIpc) is 3.02. The van der Waals surface area contributed by atoms with Gasteiger partial charge in [-0.15, -0.1) is 0 Å². The summed E-state index contributed by atoms with van der Waals surface area (Å²) in [5, 5.41) is 13.5. The number of hydrogen-bond donors (Lipinski definition) is 3. The lowest BCUT2D eigenvalue weighted by atomic mass is 9.97. The van der Waals surface area contributed by atoms with Crippen LogP contribution in [0.15, 0.2) is 18.3 Å². The molecule has 1 saturated carbocycles. The maximum absolute atomic E-state index is 10.2. The maximum Gasteiger partial charge on any atom is 0.126 e. The van der Waals surface area contributed by atoms with E-state index in [-0.39, 0.29) is 0 Å². The van der Waals surface area contributed by atoms with E-state index in [0.717, 1.165) is 5.56 Å². The molecule has 88 valence electrons. The third-order valence-corrected chi connectivity index (χ3v) is 2.85. The van der Waals surface area contributed by atoms with E-state index in [9.17, 15) is 5.11 Å². The molecule has 0 spiro atoms. The quantitative estimate of drug-likeness (QED) is 0.685. The van der Waals surface area contributed by atoms with Crippen LogP contribution in [0.2, 0.25) is 0 Å². The van der Waals surface area contributed by atoms with Crippen LogP contribution in [0.1, 0.15) is 25.3 Å². The summed E-state index contributed by atoms with van der Waals surface area (Å²) >= 11 is 0. The highest BCUT2D eigenvalue weighted by molar-refractivity contribution is 5.39. The zero-order valence-electron chi connectivity index (χ0n) is 9.61. The van der Waals surface area contributed by atoms with Crippen LogP contribution in [0.5, 0.6) is 0 Å². The van der Waals surface area contributed by atoms with E-state index in [1.54, 1.807) is 6.20 Å². The molecule has 0 saturated heterocycles. The number of anilines is 1. The Labute approximate surface area is 95.9 Å². The SMILES string of the molecule is CC(O)(CNC1CC1)Cc1cccnc1N. The van der Waals surface area contributed by atoms with Gasteiger partial charge in [0.05, 0.1) is 5.60 Å². The van der Waals surface area contributed by atoms with E-state index in [1.165, 1.54) is 12.8 Å². The van der Waals surface area contributed by atoms with Crippen LogP contribution < -0.4 is 11.1 Å². The lowest BCUT2D eigenvalue weighted by Crippen LogP contribution is -2.40. The Bertz CT molecular complexity index is 361. The number of nitrogen functional groups attached to an aromatic ring is 1. The molecule has 2 rings (SSSR count). The zero-order valence-corrected chi connectivity index (χ0v) is 9.61. The molecule has 16 heavy (non-hydrogen) atoms. The smallest absolute Gasteiger partial charge is 0.126 e. The van der Waals surface area contributed by atoms with Gasteiger partial charge in [0.15, 0.2) is 0 Å². The summed E-state index contributed by atoms with van der Waals surface area (Å²) in [5.41, 5.74) is 5.90. The van der Waals surface area contributed by atoms with Crippen molar-refractivity contribution in [3.8, 4) is 0 Å². The zero-order chi connectivity index (χ0) is 11.6. The van der Waals surface area contributed by atoms with Gasteiger partial charge in [0.1, 0.15) is 5.82 Å². The molecule has 1 fully saturated rings. The van der Waals surface area contributed by atoms with Gasteiger partial charge in [-0.3, -0.25) is 0 Å². The second-order valence-electron chi connectivity index (χ2n) is 4.88. The summed E-state index contributed by atoms with van der Waals surface area (Å²) < 4.78 is 0. The van der Waals surface area contributed by atoms with Crippen molar-refractivity contribution in [2.45, 2.75) is 37.8 Å². The summed E-state index contributed by atoms with van der Waals surface area (Å²) in [4.78, 5) is 4.02. The lowest BCUT2D eigenvalue weighted by Gasteiger charge is -2.24. The van der Waals surface area contributed by atoms with E-state index in [2.05, 4.69) is 10.3 Å². The average molecular weight is 221 g/mol. The van der Waals surface area contributed by atoms with Gasteiger partial charge in [-0.1, -0.05) is 6.07 Å². The Hall–Kier alpha value is -1.13. The Morgan fingerprint density at radius 3 is 3.00 bits per heavy atom. The van der Waals surface area contributed by atoms with Gasteiger partial charge in [0, 0.05) is 25.2 Å². The Morgan fingerprint density at radius 1 is 1.62 bits per heavy atom. The summed E-state index contributed by atoms with van der Waals surface area (Å²) in [5.74, 6) is 0.509. The molecule has 0 radical (unpaired) electrons. The maximum atomic E-state index is 10.2. The van der Waals surface area contributed by atoms with Crippen molar-refractivity contribution >= 4 is 5.82 Å². The fourth-order valence-corrected chi connectivity index (χ4v) is 1.72. The first-order valence-electron chi connectivity index (χ1n) is 5.72. The molecule has 1 atom stereocenters. The van der Waals surface area contributed by atoms with Crippen molar-refractivity contribution in [3.63, 3.8) is 0 Å². The van der Waals surface area contributed by atoms with E-state index >= 15 is 0 Å². The number of rotatable bonds is 5. The van der Waals surface area contributed by atoms with E-state index in [0.29, 0.717) is 24.8 Å². The Balaban J connectivity index is 1.93. The van der Waals surface area contributed by atoms with Crippen molar-refractivity contribution in [1.29, 1.82) is 0 Å². The van der Waals surface area contributed by atoms with Gasteiger partial charge in [-0.05, 0) is 31.4 Å². The summed E-state index contributed by atoms with van der Waals surface area (Å²) in [7, 11) is 0. The first kappa shape index (κ1) is 11.4. The molecular weight excluding hydrogens is 202 g/mol. The predicted molar refractivity (Wildman–Crippen MR) is 64.0 cm³/mol. The molecule has 4 N–H and O–H groups in total. The monoisotopic (exact) mass is 221 g/mol. The number of aromatic nitrogens is 1. The van der Waals surface area contributed by atoms with Gasteiger partial charge in [0.2, 0.25) is 0 Å². The first-order chi connectivity index (χ1) is 7.57. The minimum atomic E-state index is -0.764. The highest BCUT2D eigenvalue weighted by Gasteiger charge is 2.27. The summed E-state index contributed by atoms with van der Waals surface area (Å²) in [6, 6.07) is 4.36. The molecule has 0 aromatic carbocycles. The van der Waals surface area contributed by atoms with Crippen molar-refractivity contribution in [2.24, 2.45) is 0 Å². The molecule has 4 nitrogen and oxygen atoms in total. The molecule has 4 heteroatoms. The van der Waals surface area contributed by atoms with Crippen LogP contribution >= 0.6 is 0 Å². The third kappa shape index (κ3) is 3.18. The Kier molecular flexibility index (Phi) is 3.12. The molecule has 1 heterocycles. The number of hydrogen-bond acceptors (Lipinski definition) is 4. The molecule has 1 aromatic heterocycles. The molecular formula is C12H19N3O. The van der Waals surface area contributed by atoms with Gasteiger partial charge in [-0.25, -0.2) is 4.98 Å². The van der Waals surface area contributed by atoms with Gasteiger partial charge >= 0.3 is 0 Å². The normalized spacial score (nSPS) is 19.4. The lowest BCUT2D eigenvalue weighted by molar-refractivity contribution is 0.0598. The van der Waals surface area contributed by atoms with Crippen LogP contribution in [0, 0.1) is 0 Å². The van der Waals surface area contributed by atoms with Crippen LogP contribution in [0.4, 0.5) is 5.82 Å². The van der Waals surface area contributed by atoms with Crippen molar-refractivity contribution in [1.82, 2.24) is 10.3 Å². The second-order valence-corrected chi connectivity index (χ2v) is 4.88. The van der Waals surface area contributed by atoms with Gasteiger partial charge in [-0.2, -0.15) is 0 Å². The van der Waals surface area contributed by atoms with Crippen molar-refractivity contribution < 1.29 is 5.11 Å². The standard InChI is InChI=1S/C12H19N3O/c1-12(16,8-15-10-4-5-10)7-9-3-2-6-14-11(9)13/h2-3,6,10,15-16H,4-5,7-8H2,1H3,(H2,13,14). The molecule has 0 bridgehead atoms. The predicted octanol–water partition coefficient (Wildman–Crippen LogP) is 0.709. The molecule has 1 aliphatic carbocycles. The van der Waals surface area contributed by atoms with E-state index in [1.807, 2.05) is 19.1 Å². The molecule has 0 amide bonds. The largest absolute Gasteiger partial charge is 0.389 e. The fourth-order valence-electron chi connectivity index (χ4n) is 1.72. The van der Waals surface area contributed by atoms with E-state index in [4.69, 9.17) is 5.73 Å². The number of nitrogens with one attached hydrogen (secondary N) is 1. The number of nitrogens with zero attached hydrogens (tertiary/aromatic N) is 1. The highest BCUT2D eigenvalue weighted by atomic mass is 16.3. The number of nitrogens with two attached hydrogens (primary N) is 1. The topological polar surface area (TPSA) is 71.2 Å². The fraction of sp³-hybridized carbons (Fsp3) is 0.583. The minimum Gasteiger partial charge on any atom is -0.389 e. The summed E-state index contributed by atoms with van der Waals surface area (Å²) in [6.07, 6.45) is 4.65. The molecule has 1 aliphatic rings. The molecule has 0 aliphatic heterocycles. The van der Waals surface area contributed by atoms with Gasteiger partial charge in [0.25, 0.3) is 0 Å². The highest BCUT2D eigenvalue weighted by Crippen LogP contribution is 2.21. The van der Waals surface area contributed by atoms with Crippen LogP contribution in [-0.2, 0) is 6.42 Å². The van der Waals surface area contributed by atoms with Crippen molar-refractivity contribution in [2.75, 3.05) is 12.3 Å². The third-order valence-electron chi connectivity index (χ3n) is 2.85. The summed E-state index contributed by atoms with van der Waals surface area (Å²) in [6.45, 7) is 2.43. The van der Waals surface area contributed by atoms with Crippen LogP contribution in [0.25, 0.3) is 0 Å². The van der Waals surface area contributed by atoms with Crippen molar-refractivity contribution in [3.05, 3.63) is 23.9 Å². The minimum absolute atomic E-state index is 0.509. The first-order valence-corrected chi connectivity index (χ1v) is 5.72. The molecule has 1 unspecified atom stereocenters. The van der Waals surface area contributed by atoms with E-state index < -0.39 is 5.60 Å². The molecule has 1 aromatic rings. The van der Waals surface area contributed by atoms with Gasteiger partial charge < -0.3 is 16.2 Å².